The molecule has 4 N–H and O–H groups in total. The van der Waals surface area contributed by atoms with Crippen LogP contribution in [0.15, 0.2) is 85.1 Å². The summed E-state index contributed by atoms with van der Waals surface area (Å²) < 4.78 is 59.1. The number of esters is 1. The van der Waals surface area contributed by atoms with Crippen molar-refractivity contribution in [3.8, 4) is 0 Å². The largest absolute Gasteiger partial charge is 0.457 e. The lowest BCUT2D eigenvalue weighted by Crippen LogP contribution is -2.60. The van der Waals surface area contributed by atoms with E-state index in [1.807, 2.05) is 0 Å². The van der Waals surface area contributed by atoms with Gasteiger partial charge in [0.2, 0.25) is 0 Å². The van der Waals surface area contributed by atoms with Crippen molar-refractivity contribution in [3.63, 3.8) is 0 Å². The number of allylic oxidation sites excluding steroid dienone is 14. The van der Waals surface area contributed by atoms with Crippen LogP contribution in [0.2, 0.25) is 0 Å². The second-order valence-electron chi connectivity index (χ2n) is 16.3. The summed E-state index contributed by atoms with van der Waals surface area (Å²) in [6.07, 6.45) is 46.2. The molecule has 0 bridgehead atoms. The van der Waals surface area contributed by atoms with Gasteiger partial charge in [0.05, 0.1) is 19.8 Å². The summed E-state index contributed by atoms with van der Waals surface area (Å²) in [5.74, 6) is -0.427. The zero-order chi connectivity index (χ0) is 46.8. The van der Waals surface area contributed by atoms with E-state index >= 15 is 0 Å². The molecule has 0 saturated carbocycles. The van der Waals surface area contributed by atoms with Crippen LogP contribution in [0.4, 0.5) is 0 Å². The number of ether oxygens (including phenoxy) is 4. The maximum Gasteiger partial charge on any atom is 0.397 e. The molecule has 0 aromatic heterocycles. The summed E-state index contributed by atoms with van der Waals surface area (Å²) in [6.45, 7) is 3.70. The fourth-order valence-electron chi connectivity index (χ4n) is 6.86. The molecular formula is C51H86O12S. The van der Waals surface area contributed by atoms with Gasteiger partial charge in [-0.25, -0.2) is 4.18 Å². The molecule has 0 amide bonds. The first-order valence-electron chi connectivity index (χ1n) is 24.3. The standard InChI is InChI=1S/C51H86O12S/c1-3-5-7-9-11-13-15-17-19-21-22-23-25-27-29-31-33-35-37-39-41-59-43-45(44-60-51-49(55)50(63-64(56,57)58)48(54)46(42-52)62-51)61-47(53)40-38-36-34-32-30-28-26-24-20-18-16-14-12-10-8-6-4-2/h5,7,11,13,17-20,22-23,27,29,33,35,45-46,48-52,54-55H,3-4,6,8-10,12,14-16,21,24-26,28,30-32,34,36-44H2,1-2H3,(H,56,57,58)/b7-5-,13-11-,19-17-,20-18-,23-22-,29-27-,35-33-. The monoisotopic (exact) mass is 923 g/mol. The molecule has 12 nitrogen and oxygen atoms in total. The molecule has 1 fully saturated rings. The zero-order valence-corrected chi connectivity index (χ0v) is 40.1. The number of aliphatic hydroxyl groups is 3. The molecule has 1 saturated heterocycles. The molecule has 1 rings (SSSR count). The van der Waals surface area contributed by atoms with Gasteiger partial charge in [-0.1, -0.05) is 163 Å². The van der Waals surface area contributed by atoms with Crippen LogP contribution in [0.3, 0.4) is 0 Å². The molecule has 64 heavy (non-hydrogen) atoms. The van der Waals surface area contributed by atoms with E-state index in [0.29, 0.717) is 13.0 Å². The van der Waals surface area contributed by atoms with Crippen molar-refractivity contribution >= 4 is 16.4 Å². The van der Waals surface area contributed by atoms with Gasteiger partial charge in [-0.15, -0.1) is 0 Å². The number of unbranched alkanes of at least 4 members (excludes halogenated alkanes) is 14. The first-order valence-corrected chi connectivity index (χ1v) is 25.7. The molecule has 1 aliphatic heterocycles. The first kappa shape index (κ1) is 59.3. The van der Waals surface area contributed by atoms with Crippen LogP contribution >= 0.6 is 0 Å². The third kappa shape index (κ3) is 34.6. The SMILES string of the molecule is CC/C=C\C/C=C\C/C=C\C/C=C\C/C=C\C/C=C\CCCOCC(COC1OC(CO)C(O)C(OS(=O)(=O)O)C1O)OC(=O)CCCCCCCCC/C=C\CCCCCCCC. The van der Waals surface area contributed by atoms with E-state index in [1.165, 1.54) is 64.2 Å². The van der Waals surface area contributed by atoms with Gasteiger partial charge < -0.3 is 34.3 Å². The Balaban J connectivity index is 2.46. The van der Waals surface area contributed by atoms with Gasteiger partial charge in [-0.2, -0.15) is 8.42 Å². The number of rotatable bonds is 41. The van der Waals surface area contributed by atoms with Gasteiger partial charge in [-0.05, 0) is 83.5 Å². The van der Waals surface area contributed by atoms with Crippen molar-refractivity contribution < 1.29 is 56.2 Å². The molecule has 1 heterocycles. The van der Waals surface area contributed by atoms with Gasteiger partial charge in [0, 0.05) is 13.0 Å². The average molecular weight is 923 g/mol. The Kier molecular flexibility index (Phi) is 38.6. The summed E-state index contributed by atoms with van der Waals surface area (Å²) in [4.78, 5) is 12.9. The summed E-state index contributed by atoms with van der Waals surface area (Å²) in [5, 5.41) is 30.7. The molecule has 13 heteroatoms. The molecule has 0 aliphatic carbocycles. The average Bonchev–Trinajstić information content (AvgIpc) is 3.27. The van der Waals surface area contributed by atoms with Crippen molar-refractivity contribution in [2.24, 2.45) is 0 Å². The summed E-state index contributed by atoms with van der Waals surface area (Å²) >= 11 is 0. The maximum absolute atomic E-state index is 12.9. The lowest BCUT2D eigenvalue weighted by atomic mass is 9.99. The second-order valence-corrected chi connectivity index (χ2v) is 17.4. The van der Waals surface area contributed by atoms with Gasteiger partial charge in [0.25, 0.3) is 0 Å². The summed E-state index contributed by atoms with van der Waals surface area (Å²) in [7, 11) is -5.08. The molecule has 6 unspecified atom stereocenters. The minimum Gasteiger partial charge on any atom is -0.457 e. The van der Waals surface area contributed by atoms with Gasteiger partial charge in [0.1, 0.15) is 30.5 Å². The van der Waals surface area contributed by atoms with E-state index in [0.717, 1.165) is 77.0 Å². The van der Waals surface area contributed by atoms with Crippen LogP contribution in [0.1, 0.15) is 168 Å². The number of aliphatic hydroxyl groups excluding tert-OH is 3. The smallest absolute Gasteiger partial charge is 0.397 e. The van der Waals surface area contributed by atoms with Crippen LogP contribution in [-0.2, 0) is 38.3 Å². The number of carbonyl (C=O) groups is 1. The highest BCUT2D eigenvalue weighted by molar-refractivity contribution is 7.80. The van der Waals surface area contributed by atoms with Crippen molar-refractivity contribution in [2.45, 2.75) is 205 Å². The minimum atomic E-state index is -5.08. The fraction of sp³-hybridized carbons (Fsp3) is 0.706. The number of carbonyl (C=O) groups excluding carboxylic acids is 1. The molecular weight excluding hydrogens is 837 g/mol. The van der Waals surface area contributed by atoms with Crippen LogP contribution in [-0.4, -0.2) is 97.5 Å². The van der Waals surface area contributed by atoms with Crippen molar-refractivity contribution in [3.05, 3.63) is 85.1 Å². The predicted molar refractivity (Wildman–Crippen MR) is 257 cm³/mol. The Morgan fingerprint density at radius 3 is 1.59 bits per heavy atom. The van der Waals surface area contributed by atoms with Crippen LogP contribution in [0.5, 0.6) is 0 Å². The quantitative estimate of drug-likeness (QED) is 0.0198. The Morgan fingerprint density at radius 1 is 0.609 bits per heavy atom. The Hall–Kier alpha value is -2.72. The van der Waals surface area contributed by atoms with E-state index in [-0.39, 0.29) is 19.6 Å². The number of hydrogen-bond acceptors (Lipinski definition) is 11. The fourth-order valence-corrected chi connectivity index (χ4v) is 7.37. The number of hydrogen-bond donors (Lipinski definition) is 4. The van der Waals surface area contributed by atoms with E-state index in [4.69, 9.17) is 18.9 Å². The molecule has 0 aromatic carbocycles. The highest BCUT2D eigenvalue weighted by Gasteiger charge is 2.48. The lowest BCUT2D eigenvalue weighted by molar-refractivity contribution is -0.301. The van der Waals surface area contributed by atoms with Crippen molar-refractivity contribution in [1.29, 1.82) is 0 Å². The van der Waals surface area contributed by atoms with Crippen LogP contribution in [0, 0.1) is 0 Å². The van der Waals surface area contributed by atoms with E-state index in [2.05, 4.69) is 103 Å². The van der Waals surface area contributed by atoms with Crippen LogP contribution in [0.25, 0.3) is 0 Å². The predicted octanol–water partition coefficient (Wildman–Crippen LogP) is 10.9. The molecule has 6 atom stereocenters. The van der Waals surface area contributed by atoms with Crippen LogP contribution < -0.4 is 0 Å². The minimum absolute atomic E-state index is 0.0104. The summed E-state index contributed by atoms with van der Waals surface area (Å²) in [5.41, 5.74) is 0. The summed E-state index contributed by atoms with van der Waals surface area (Å²) in [6, 6.07) is 0. The van der Waals surface area contributed by atoms with E-state index in [1.54, 1.807) is 0 Å². The third-order valence-corrected chi connectivity index (χ3v) is 11.0. The maximum atomic E-state index is 12.9. The van der Waals surface area contributed by atoms with Crippen molar-refractivity contribution in [2.75, 3.05) is 26.4 Å². The topological polar surface area (TPSA) is 178 Å². The Bertz CT molecular complexity index is 1440. The van der Waals surface area contributed by atoms with Gasteiger partial charge in [0.15, 0.2) is 6.29 Å². The highest BCUT2D eigenvalue weighted by Crippen LogP contribution is 2.26. The first-order chi connectivity index (χ1) is 31.1. The lowest BCUT2D eigenvalue weighted by Gasteiger charge is -2.41. The molecule has 1 aliphatic rings. The van der Waals surface area contributed by atoms with E-state index in [9.17, 15) is 33.1 Å². The third-order valence-electron chi connectivity index (χ3n) is 10.5. The Labute approximate surface area is 387 Å². The second kappa shape index (κ2) is 41.7. The highest BCUT2D eigenvalue weighted by atomic mass is 32.3. The molecule has 0 radical (unpaired) electrons. The van der Waals surface area contributed by atoms with Gasteiger partial charge >= 0.3 is 16.4 Å². The van der Waals surface area contributed by atoms with E-state index < -0.39 is 59.8 Å². The normalized spacial score (nSPS) is 20.5. The molecule has 368 valence electrons. The van der Waals surface area contributed by atoms with Crippen molar-refractivity contribution in [1.82, 2.24) is 0 Å². The zero-order valence-electron chi connectivity index (χ0n) is 39.3. The molecule has 0 aromatic rings. The van der Waals surface area contributed by atoms with Gasteiger partial charge in [-0.3, -0.25) is 9.35 Å². The molecule has 0 spiro atoms. The Morgan fingerprint density at radius 2 is 1.08 bits per heavy atom.